The molecule has 0 bridgehead atoms. The first-order valence-electron chi connectivity index (χ1n) is 20.4. The maximum atomic E-state index is 5.51. The first-order valence-corrected chi connectivity index (χ1v) is 20.4. The molecule has 0 unspecified atom stereocenters. The van der Waals surface area contributed by atoms with Crippen LogP contribution in [0.25, 0.3) is 112 Å². The van der Waals surface area contributed by atoms with Crippen molar-refractivity contribution in [3.63, 3.8) is 0 Å². The van der Waals surface area contributed by atoms with Gasteiger partial charge in [0.05, 0.1) is 57.2 Å². The quantitative estimate of drug-likeness (QED) is 0.158. The number of fused-ring (bicyclic) bond motifs is 6. The van der Waals surface area contributed by atoms with E-state index in [1.807, 2.05) is 104 Å². The van der Waals surface area contributed by atoms with E-state index < -0.39 is 0 Å². The molecule has 0 aliphatic carbocycles. The molecule has 12 rings (SSSR count). The third kappa shape index (κ3) is 5.67. The Labute approximate surface area is 355 Å². The number of benzene rings is 5. The van der Waals surface area contributed by atoms with Gasteiger partial charge in [0.25, 0.3) is 0 Å². The number of aromatic nitrogens is 9. The predicted molar refractivity (Wildman–Crippen MR) is 247 cm³/mol. The van der Waals surface area contributed by atoms with Crippen LogP contribution >= 0.6 is 0 Å². The van der Waals surface area contributed by atoms with Crippen LogP contribution in [0.3, 0.4) is 0 Å². The van der Waals surface area contributed by atoms with Crippen LogP contribution in [0.4, 0.5) is 0 Å². The van der Waals surface area contributed by atoms with E-state index in [1.165, 1.54) is 0 Å². The van der Waals surface area contributed by atoms with Gasteiger partial charge in [-0.15, -0.1) is 0 Å². The SMILES string of the molecule is c1ccc(-c2nc(-c3cccc(-c4ccccn4)c3-n3c4ccccc4c4ccncc43)nc(-c3cccc(-c4ccccn4)c3-n3c4ccccc4c4ccncc43)n2)cc1. The number of hydrogen-bond donors (Lipinski definition) is 0. The van der Waals surface area contributed by atoms with E-state index in [0.717, 1.165) is 94.2 Å². The normalized spacial score (nSPS) is 11.5. The largest absolute Gasteiger partial charge is 0.306 e. The van der Waals surface area contributed by atoms with Gasteiger partial charge in [-0.2, -0.15) is 0 Å². The Bertz CT molecular complexity index is 3310. The zero-order chi connectivity index (χ0) is 41.0. The highest BCUT2D eigenvalue weighted by Crippen LogP contribution is 2.43. The van der Waals surface area contributed by atoms with Crippen molar-refractivity contribution in [3.8, 4) is 68.1 Å². The van der Waals surface area contributed by atoms with Crippen molar-refractivity contribution in [2.45, 2.75) is 0 Å². The summed E-state index contributed by atoms with van der Waals surface area (Å²) in [4.78, 5) is 35.2. The molecule has 9 nitrogen and oxygen atoms in total. The van der Waals surface area contributed by atoms with Crippen molar-refractivity contribution in [2.75, 3.05) is 0 Å². The summed E-state index contributed by atoms with van der Waals surface area (Å²) in [6.45, 7) is 0. The summed E-state index contributed by atoms with van der Waals surface area (Å²) < 4.78 is 4.56. The monoisotopic (exact) mass is 795 g/mol. The van der Waals surface area contributed by atoms with Crippen molar-refractivity contribution in [2.24, 2.45) is 0 Å². The number of nitrogens with zero attached hydrogens (tertiary/aromatic N) is 9. The standard InChI is InChI=1S/C53H33N9/c1-2-14-34(15-3-1)51-58-52(41-20-12-18-39(43-22-8-10-28-56-43)49(41)61-45-24-6-4-16-35(45)37-26-30-54-32-47(37)61)60-53(59-51)42-21-13-19-40(44-23-9-11-29-57-44)50(42)62-46-25-7-5-17-36(46)38-27-31-55-33-48(38)62/h1-33H. The minimum atomic E-state index is 0.509. The van der Waals surface area contributed by atoms with Crippen LogP contribution in [0.5, 0.6) is 0 Å². The van der Waals surface area contributed by atoms with Gasteiger partial charge in [0, 0.05) is 74.1 Å². The van der Waals surface area contributed by atoms with Crippen LogP contribution in [0.15, 0.2) is 201 Å². The summed E-state index contributed by atoms with van der Waals surface area (Å²) in [5.41, 5.74) is 11.7. The second kappa shape index (κ2) is 14.5. The minimum absolute atomic E-state index is 0.509. The molecule has 0 fully saturated rings. The summed E-state index contributed by atoms with van der Waals surface area (Å²) in [6, 6.07) is 55.7. The van der Waals surface area contributed by atoms with Crippen molar-refractivity contribution in [1.29, 1.82) is 0 Å². The van der Waals surface area contributed by atoms with E-state index in [9.17, 15) is 0 Å². The molecule has 7 aromatic heterocycles. The average molecular weight is 796 g/mol. The fourth-order valence-electron chi connectivity index (χ4n) is 8.84. The van der Waals surface area contributed by atoms with Crippen LogP contribution in [0.2, 0.25) is 0 Å². The molecule has 62 heavy (non-hydrogen) atoms. The Morgan fingerprint density at radius 2 is 0.742 bits per heavy atom. The topological polar surface area (TPSA) is 100 Å². The smallest absolute Gasteiger partial charge is 0.166 e. The molecule has 0 amide bonds. The highest BCUT2D eigenvalue weighted by atomic mass is 15.1. The molecule has 290 valence electrons. The van der Waals surface area contributed by atoms with Crippen LogP contribution in [0.1, 0.15) is 0 Å². The predicted octanol–water partition coefficient (Wildman–Crippen LogP) is 12.0. The van der Waals surface area contributed by atoms with Crippen molar-refractivity contribution < 1.29 is 0 Å². The van der Waals surface area contributed by atoms with E-state index in [2.05, 4.69) is 116 Å². The molecule has 0 aliphatic rings. The van der Waals surface area contributed by atoms with Crippen molar-refractivity contribution >= 4 is 43.6 Å². The number of pyridine rings is 4. The summed E-state index contributed by atoms with van der Waals surface area (Å²) in [5, 5.41) is 4.42. The average Bonchev–Trinajstić information content (AvgIpc) is 3.87. The van der Waals surface area contributed by atoms with Crippen molar-refractivity contribution in [1.82, 2.24) is 44.0 Å². The molecule has 0 atom stereocenters. The fourth-order valence-corrected chi connectivity index (χ4v) is 8.84. The van der Waals surface area contributed by atoms with Gasteiger partial charge in [-0.1, -0.05) is 103 Å². The Hall–Kier alpha value is -8.69. The lowest BCUT2D eigenvalue weighted by atomic mass is 10.0. The first-order chi connectivity index (χ1) is 30.8. The Morgan fingerprint density at radius 1 is 0.306 bits per heavy atom. The summed E-state index contributed by atoms with van der Waals surface area (Å²) in [7, 11) is 0. The van der Waals surface area contributed by atoms with Gasteiger partial charge in [0.2, 0.25) is 0 Å². The Balaban J connectivity index is 1.21. The van der Waals surface area contributed by atoms with Crippen LogP contribution in [0, 0.1) is 0 Å². The minimum Gasteiger partial charge on any atom is -0.306 e. The Morgan fingerprint density at radius 3 is 1.24 bits per heavy atom. The first kappa shape index (κ1) is 35.3. The van der Waals surface area contributed by atoms with Gasteiger partial charge in [0.1, 0.15) is 0 Å². The molecular weight excluding hydrogens is 763 g/mol. The van der Waals surface area contributed by atoms with E-state index in [1.54, 1.807) is 0 Å². The van der Waals surface area contributed by atoms with Crippen LogP contribution < -0.4 is 0 Å². The maximum Gasteiger partial charge on any atom is 0.166 e. The van der Waals surface area contributed by atoms with E-state index in [-0.39, 0.29) is 0 Å². The van der Waals surface area contributed by atoms with Crippen molar-refractivity contribution in [3.05, 3.63) is 201 Å². The molecule has 0 N–H and O–H groups in total. The summed E-state index contributed by atoms with van der Waals surface area (Å²) >= 11 is 0. The molecule has 0 spiro atoms. The van der Waals surface area contributed by atoms with E-state index >= 15 is 0 Å². The zero-order valence-electron chi connectivity index (χ0n) is 33.1. The van der Waals surface area contributed by atoms with Gasteiger partial charge >= 0.3 is 0 Å². The van der Waals surface area contributed by atoms with E-state index in [0.29, 0.717) is 17.5 Å². The molecule has 0 aliphatic heterocycles. The number of rotatable bonds is 7. The Kier molecular flexibility index (Phi) is 8.27. The third-order valence-electron chi connectivity index (χ3n) is 11.5. The van der Waals surface area contributed by atoms with Gasteiger partial charge < -0.3 is 9.13 Å². The second-order valence-corrected chi connectivity index (χ2v) is 15.0. The number of hydrogen-bond acceptors (Lipinski definition) is 7. The lowest BCUT2D eigenvalue weighted by Crippen LogP contribution is -2.07. The van der Waals surface area contributed by atoms with Gasteiger partial charge in [-0.05, 0) is 60.7 Å². The molecule has 9 heteroatoms. The zero-order valence-corrected chi connectivity index (χ0v) is 33.1. The molecular formula is C53H33N9. The lowest BCUT2D eigenvalue weighted by Gasteiger charge is -2.20. The van der Waals surface area contributed by atoms with Crippen LogP contribution in [-0.2, 0) is 0 Å². The fraction of sp³-hybridized carbons (Fsp3) is 0. The van der Waals surface area contributed by atoms with E-state index in [4.69, 9.17) is 24.9 Å². The summed E-state index contributed by atoms with van der Waals surface area (Å²) in [6.07, 6.45) is 11.2. The summed E-state index contributed by atoms with van der Waals surface area (Å²) in [5.74, 6) is 1.56. The lowest BCUT2D eigenvalue weighted by molar-refractivity contribution is 1.06. The molecule has 0 saturated heterocycles. The third-order valence-corrected chi connectivity index (χ3v) is 11.5. The molecule has 0 saturated carbocycles. The molecule has 5 aromatic carbocycles. The molecule has 12 aromatic rings. The van der Waals surface area contributed by atoms with Gasteiger partial charge in [0.15, 0.2) is 17.5 Å². The highest BCUT2D eigenvalue weighted by molar-refractivity contribution is 6.11. The second-order valence-electron chi connectivity index (χ2n) is 15.0. The van der Waals surface area contributed by atoms with Gasteiger partial charge in [-0.3, -0.25) is 19.9 Å². The highest BCUT2D eigenvalue weighted by Gasteiger charge is 2.26. The van der Waals surface area contributed by atoms with Gasteiger partial charge in [-0.25, -0.2) is 15.0 Å². The molecule has 0 radical (unpaired) electrons. The van der Waals surface area contributed by atoms with Crippen LogP contribution in [-0.4, -0.2) is 44.0 Å². The maximum absolute atomic E-state index is 5.51. The molecule has 7 heterocycles. The number of para-hydroxylation sites is 4.